The number of fused-ring (bicyclic) bond motifs is 1. The van der Waals surface area contributed by atoms with Crippen molar-refractivity contribution in [3.05, 3.63) is 83.4 Å². The zero-order chi connectivity index (χ0) is 22.7. The highest BCUT2D eigenvalue weighted by molar-refractivity contribution is 6.00. The van der Waals surface area contributed by atoms with Crippen LogP contribution in [0.15, 0.2) is 77.9 Å². The van der Waals surface area contributed by atoms with Crippen molar-refractivity contribution in [1.29, 1.82) is 0 Å². The zero-order valence-electron chi connectivity index (χ0n) is 16.2. The lowest BCUT2D eigenvalue weighted by atomic mass is 10.0. The molecular formula is C22H15F3N4O3. The summed E-state index contributed by atoms with van der Waals surface area (Å²) in [4.78, 5) is 30.6. The number of alkyl halides is 3. The van der Waals surface area contributed by atoms with E-state index >= 15 is 0 Å². The van der Waals surface area contributed by atoms with Crippen molar-refractivity contribution in [2.75, 3.05) is 10.6 Å². The van der Waals surface area contributed by atoms with Crippen molar-refractivity contribution in [2.24, 2.45) is 0 Å². The topological polar surface area (TPSA) is 96.1 Å². The van der Waals surface area contributed by atoms with E-state index in [9.17, 15) is 22.8 Å². The van der Waals surface area contributed by atoms with E-state index in [1.165, 1.54) is 18.5 Å². The molecule has 0 aliphatic heterocycles. The van der Waals surface area contributed by atoms with Gasteiger partial charge in [-0.2, -0.15) is 0 Å². The van der Waals surface area contributed by atoms with Gasteiger partial charge in [0.1, 0.15) is 5.75 Å². The SMILES string of the molecule is O=C(Nc1ccc(OC(F)(F)F)cc1)Nc1ccc(-c2ccc3c(=O)[nH]cnc3c2)cc1. The summed E-state index contributed by atoms with van der Waals surface area (Å²) in [6.45, 7) is 0. The summed E-state index contributed by atoms with van der Waals surface area (Å²) in [6, 6.07) is 16.5. The molecule has 3 aromatic carbocycles. The number of hydrogen-bond donors (Lipinski definition) is 3. The number of H-pyrrole nitrogens is 1. The van der Waals surface area contributed by atoms with Crippen molar-refractivity contribution < 1.29 is 22.7 Å². The van der Waals surface area contributed by atoms with Gasteiger partial charge in [0.25, 0.3) is 5.56 Å². The molecular weight excluding hydrogens is 425 g/mol. The molecule has 4 aromatic rings. The summed E-state index contributed by atoms with van der Waals surface area (Å²) in [5.74, 6) is -0.382. The lowest BCUT2D eigenvalue weighted by Crippen LogP contribution is -2.19. The predicted octanol–water partition coefficient (Wildman–Crippen LogP) is 5.13. The highest BCUT2D eigenvalue weighted by Gasteiger charge is 2.30. The Morgan fingerprint density at radius 1 is 0.875 bits per heavy atom. The Labute approximate surface area is 178 Å². The summed E-state index contributed by atoms with van der Waals surface area (Å²) in [5.41, 5.74) is 2.88. The number of ether oxygens (including phenoxy) is 1. The van der Waals surface area contributed by atoms with Crippen molar-refractivity contribution in [2.45, 2.75) is 6.36 Å². The molecule has 0 radical (unpaired) electrons. The van der Waals surface area contributed by atoms with Crippen LogP contribution in [0, 0.1) is 0 Å². The Balaban J connectivity index is 1.40. The highest BCUT2D eigenvalue weighted by Crippen LogP contribution is 2.25. The van der Waals surface area contributed by atoms with E-state index < -0.39 is 12.4 Å². The number of aromatic nitrogens is 2. The van der Waals surface area contributed by atoms with Crippen LogP contribution in [-0.4, -0.2) is 22.4 Å². The Morgan fingerprint density at radius 3 is 2.09 bits per heavy atom. The highest BCUT2D eigenvalue weighted by atomic mass is 19.4. The van der Waals surface area contributed by atoms with Crippen LogP contribution in [-0.2, 0) is 0 Å². The molecule has 162 valence electrons. The van der Waals surface area contributed by atoms with E-state index in [-0.39, 0.29) is 11.3 Å². The standard InChI is InChI=1S/C22H15F3N4O3/c23-22(24,25)32-17-8-6-16(7-9-17)29-21(31)28-15-4-1-13(2-5-15)14-3-10-18-19(11-14)26-12-27-20(18)30/h1-12H,(H,26,27,30)(H2,28,29,31). The minimum Gasteiger partial charge on any atom is -0.406 e. The average Bonchev–Trinajstić information content (AvgIpc) is 2.74. The fourth-order valence-corrected chi connectivity index (χ4v) is 3.03. The summed E-state index contributed by atoms with van der Waals surface area (Å²) in [6.07, 6.45) is -3.43. The molecule has 0 spiro atoms. The molecule has 0 aliphatic rings. The summed E-state index contributed by atoms with van der Waals surface area (Å²) in [7, 11) is 0. The third kappa shape index (κ3) is 5.04. The van der Waals surface area contributed by atoms with Gasteiger partial charge in [0.05, 0.1) is 17.2 Å². The number of urea groups is 1. The van der Waals surface area contributed by atoms with Crippen LogP contribution in [0.25, 0.3) is 22.0 Å². The van der Waals surface area contributed by atoms with Crippen LogP contribution in [0.3, 0.4) is 0 Å². The molecule has 0 aliphatic carbocycles. The van der Waals surface area contributed by atoms with Gasteiger partial charge in [-0.25, -0.2) is 9.78 Å². The molecule has 1 aromatic heterocycles. The minimum absolute atomic E-state index is 0.213. The normalized spacial score (nSPS) is 11.2. The first-order valence-corrected chi connectivity index (χ1v) is 9.28. The largest absolute Gasteiger partial charge is 0.573 e. The Bertz CT molecular complexity index is 1320. The van der Waals surface area contributed by atoms with Crippen LogP contribution >= 0.6 is 0 Å². The van der Waals surface area contributed by atoms with Crippen LogP contribution in [0.4, 0.5) is 29.3 Å². The number of halogens is 3. The maximum atomic E-state index is 12.2. The maximum Gasteiger partial charge on any atom is 0.573 e. The van der Waals surface area contributed by atoms with E-state index in [4.69, 9.17) is 0 Å². The van der Waals surface area contributed by atoms with E-state index in [1.54, 1.807) is 42.5 Å². The van der Waals surface area contributed by atoms with E-state index in [1.807, 2.05) is 0 Å². The molecule has 0 saturated carbocycles. The molecule has 0 unspecified atom stereocenters. The second kappa shape index (κ2) is 8.42. The Kier molecular flexibility index (Phi) is 5.50. The molecule has 1 heterocycles. The second-order valence-corrected chi connectivity index (χ2v) is 6.69. The quantitative estimate of drug-likeness (QED) is 0.410. The molecule has 3 N–H and O–H groups in total. The Hall–Kier alpha value is -4.34. The minimum atomic E-state index is -4.78. The number of benzene rings is 3. The summed E-state index contributed by atoms with van der Waals surface area (Å²) in [5, 5.41) is 5.65. The second-order valence-electron chi connectivity index (χ2n) is 6.69. The summed E-state index contributed by atoms with van der Waals surface area (Å²) >= 11 is 0. The van der Waals surface area contributed by atoms with Crippen LogP contribution in [0.5, 0.6) is 5.75 Å². The summed E-state index contributed by atoms with van der Waals surface area (Å²) < 4.78 is 40.4. The number of amides is 2. The molecule has 7 nitrogen and oxygen atoms in total. The van der Waals surface area contributed by atoms with Gasteiger partial charge in [-0.05, 0) is 59.7 Å². The van der Waals surface area contributed by atoms with Gasteiger partial charge in [-0.1, -0.05) is 18.2 Å². The first kappa shape index (κ1) is 20.9. The monoisotopic (exact) mass is 440 g/mol. The van der Waals surface area contributed by atoms with Gasteiger partial charge in [-0.3, -0.25) is 4.79 Å². The number of nitrogens with one attached hydrogen (secondary N) is 3. The number of carbonyl (C=O) groups is 1. The molecule has 0 fully saturated rings. The van der Waals surface area contributed by atoms with Crippen LogP contribution in [0.1, 0.15) is 0 Å². The number of carbonyl (C=O) groups excluding carboxylic acids is 1. The van der Waals surface area contributed by atoms with Crippen molar-refractivity contribution >= 4 is 28.3 Å². The third-order valence-electron chi connectivity index (χ3n) is 4.46. The first-order chi connectivity index (χ1) is 15.3. The molecule has 10 heteroatoms. The van der Waals surface area contributed by atoms with Crippen molar-refractivity contribution in [1.82, 2.24) is 9.97 Å². The number of anilines is 2. The van der Waals surface area contributed by atoms with Crippen molar-refractivity contribution in [3.8, 4) is 16.9 Å². The Morgan fingerprint density at radius 2 is 1.47 bits per heavy atom. The maximum absolute atomic E-state index is 12.2. The fourth-order valence-electron chi connectivity index (χ4n) is 3.03. The third-order valence-corrected chi connectivity index (χ3v) is 4.46. The van der Waals surface area contributed by atoms with Gasteiger partial charge >= 0.3 is 12.4 Å². The van der Waals surface area contributed by atoms with E-state index in [0.29, 0.717) is 22.3 Å². The number of nitrogens with zero attached hydrogens (tertiary/aromatic N) is 1. The van der Waals surface area contributed by atoms with Gasteiger partial charge < -0.3 is 20.4 Å². The molecule has 0 saturated heterocycles. The first-order valence-electron chi connectivity index (χ1n) is 9.28. The van der Waals surface area contributed by atoms with E-state index in [0.717, 1.165) is 23.3 Å². The molecule has 32 heavy (non-hydrogen) atoms. The molecule has 2 amide bonds. The molecule has 0 bridgehead atoms. The van der Waals surface area contributed by atoms with Crippen LogP contribution in [0.2, 0.25) is 0 Å². The molecule has 4 rings (SSSR count). The predicted molar refractivity (Wildman–Crippen MR) is 114 cm³/mol. The number of aromatic amines is 1. The van der Waals surface area contributed by atoms with E-state index in [2.05, 4.69) is 25.3 Å². The lowest BCUT2D eigenvalue weighted by molar-refractivity contribution is -0.274. The van der Waals surface area contributed by atoms with Gasteiger partial charge in [0.2, 0.25) is 0 Å². The zero-order valence-corrected chi connectivity index (χ0v) is 16.2. The average molecular weight is 440 g/mol. The lowest BCUT2D eigenvalue weighted by Gasteiger charge is -2.11. The smallest absolute Gasteiger partial charge is 0.406 e. The number of rotatable bonds is 4. The van der Waals surface area contributed by atoms with Gasteiger partial charge in [-0.15, -0.1) is 13.2 Å². The van der Waals surface area contributed by atoms with Gasteiger partial charge in [0, 0.05) is 11.4 Å². The molecule has 0 atom stereocenters. The number of hydrogen-bond acceptors (Lipinski definition) is 4. The fraction of sp³-hybridized carbons (Fsp3) is 0.0455. The van der Waals surface area contributed by atoms with Crippen LogP contribution < -0.4 is 20.9 Å². The van der Waals surface area contributed by atoms with Gasteiger partial charge in [0.15, 0.2) is 0 Å². The van der Waals surface area contributed by atoms with Crippen molar-refractivity contribution in [3.63, 3.8) is 0 Å².